The molecule has 1 amide bonds. The quantitative estimate of drug-likeness (QED) is 0.781. The van der Waals surface area contributed by atoms with Crippen LogP contribution in [0.4, 0.5) is 0 Å². The molecule has 1 atom stereocenters. The Morgan fingerprint density at radius 3 is 2.44 bits per heavy atom. The lowest BCUT2D eigenvalue weighted by molar-refractivity contribution is -0.126. The molecule has 16 heavy (non-hydrogen) atoms. The molecule has 0 aromatic rings. The molecule has 0 aromatic carbocycles. The van der Waals surface area contributed by atoms with Crippen molar-refractivity contribution < 1.29 is 9.59 Å². The normalized spacial score (nSPS) is 19.1. The molecule has 1 rings (SSSR count). The summed E-state index contributed by atoms with van der Waals surface area (Å²) in [6.45, 7) is 3.24. The van der Waals surface area contributed by atoms with Gasteiger partial charge < -0.3 is 5.32 Å². The molecular formula is C13H23NO2. The number of ketones is 1. The van der Waals surface area contributed by atoms with Crippen molar-refractivity contribution >= 4 is 11.7 Å². The molecule has 1 N–H and O–H groups in total. The third-order valence-electron chi connectivity index (χ3n) is 3.49. The first kappa shape index (κ1) is 13.2. The van der Waals surface area contributed by atoms with Gasteiger partial charge in [0.15, 0.2) is 5.78 Å². The van der Waals surface area contributed by atoms with Crippen LogP contribution in [0.1, 0.15) is 58.8 Å². The summed E-state index contributed by atoms with van der Waals surface area (Å²) >= 11 is 0. The molecule has 0 spiro atoms. The second-order valence-corrected chi connectivity index (χ2v) is 4.94. The van der Waals surface area contributed by atoms with Gasteiger partial charge in [-0.15, -0.1) is 0 Å². The minimum Gasteiger partial charge on any atom is -0.347 e. The summed E-state index contributed by atoms with van der Waals surface area (Å²) < 4.78 is 0. The predicted molar refractivity (Wildman–Crippen MR) is 64.1 cm³/mol. The van der Waals surface area contributed by atoms with E-state index in [1.165, 1.54) is 39.0 Å². The van der Waals surface area contributed by atoms with Gasteiger partial charge in [-0.3, -0.25) is 9.59 Å². The van der Waals surface area contributed by atoms with Gasteiger partial charge in [-0.05, 0) is 26.2 Å². The lowest BCUT2D eigenvalue weighted by Crippen LogP contribution is -2.37. The highest BCUT2D eigenvalue weighted by molar-refractivity contribution is 5.86. The average Bonchev–Trinajstić information content (AvgIpc) is 2.27. The van der Waals surface area contributed by atoms with Gasteiger partial charge >= 0.3 is 0 Å². The number of hydrogen-bond donors (Lipinski definition) is 1. The van der Waals surface area contributed by atoms with Crippen molar-refractivity contribution in [1.29, 1.82) is 0 Å². The molecule has 1 saturated carbocycles. The number of Topliss-reactive ketones (excluding diaryl/α,β-unsaturated/α-hetero) is 1. The Balaban J connectivity index is 2.16. The maximum absolute atomic E-state index is 11.5. The smallest absolute Gasteiger partial charge is 0.220 e. The molecular weight excluding hydrogens is 202 g/mol. The lowest BCUT2D eigenvalue weighted by atomic mass is 9.86. The van der Waals surface area contributed by atoms with Crippen LogP contribution in [0.5, 0.6) is 0 Å². The van der Waals surface area contributed by atoms with Gasteiger partial charge in [0.2, 0.25) is 5.91 Å². The van der Waals surface area contributed by atoms with E-state index in [0.29, 0.717) is 6.42 Å². The number of carbonyl (C=O) groups is 2. The molecule has 1 aliphatic carbocycles. The number of carbonyl (C=O) groups excluding carboxylic acids is 2. The van der Waals surface area contributed by atoms with Crippen LogP contribution in [0.15, 0.2) is 0 Å². The van der Waals surface area contributed by atoms with E-state index in [0.717, 1.165) is 12.3 Å². The van der Waals surface area contributed by atoms with Crippen LogP contribution in [-0.2, 0) is 9.59 Å². The molecule has 3 heteroatoms. The summed E-state index contributed by atoms with van der Waals surface area (Å²) in [7, 11) is 0. The summed E-state index contributed by atoms with van der Waals surface area (Å²) in [5, 5.41) is 2.73. The summed E-state index contributed by atoms with van der Waals surface area (Å²) in [6.07, 6.45) is 8.08. The molecule has 92 valence electrons. The van der Waals surface area contributed by atoms with Gasteiger partial charge in [-0.1, -0.05) is 32.1 Å². The van der Waals surface area contributed by atoms with Crippen LogP contribution < -0.4 is 5.32 Å². The Morgan fingerprint density at radius 2 is 1.88 bits per heavy atom. The molecule has 0 aliphatic heterocycles. The van der Waals surface area contributed by atoms with E-state index in [2.05, 4.69) is 5.32 Å². The molecule has 0 heterocycles. The van der Waals surface area contributed by atoms with Crippen molar-refractivity contribution in [3.05, 3.63) is 0 Å². The van der Waals surface area contributed by atoms with Crippen LogP contribution >= 0.6 is 0 Å². The third kappa shape index (κ3) is 4.77. The minimum absolute atomic E-state index is 0.0195. The van der Waals surface area contributed by atoms with E-state index < -0.39 is 0 Å². The Kier molecular flexibility index (Phi) is 5.50. The van der Waals surface area contributed by atoms with Gasteiger partial charge in [0.1, 0.15) is 0 Å². The standard InChI is InChI=1S/C13H23NO2/c1-10(11(2)15)14-13(16)9-8-12-6-4-3-5-7-12/h10,12H,3-9H2,1-2H3,(H,14,16). The summed E-state index contributed by atoms with van der Waals surface area (Å²) in [4.78, 5) is 22.5. The number of amides is 1. The molecule has 1 fully saturated rings. The molecule has 0 bridgehead atoms. The first-order chi connectivity index (χ1) is 7.59. The second-order valence-electron chi connectivity index (χ2n) is 4.94. The Bertz CT molecular complexity index is 244. The zero-order chi connectivity index (χ0) is 12.0. The first-order valence-corrected chi connectivity index (χ1v) is 6.39. The fourth-order valence-electron chi connectivity index (χ4n) is 2.23. The Labute approximate surface area is 98.0 Å². The fraction of sp³-hybridized carbons (Fsp3) is 0.846. The Hall–Kier alpha value is -0.860. The number of hydrogen-bond acceptors (Lipinski definition) is 2. The third-order valence-corrected chi connectivity index (χ3v) is 3.49. The van der Waals surface area contributed by atoms with E-state index in [9.17, 15) is 9.59 Å². The van der Waals surface area contributed by atoms with Crippen LogP contribution in [0.3, 0.4) is 0 Å². The minimum atomic E-state index is -0.334. The van der Waals surface area contributed by atoms with Crippen molar-refractivity contribution in [3.63, 3.8) is 0 Å². The SMILES string of the molecule is CC(=O)C(C)NC(=O)CCC1CCCCC1. The average molecular weight is 225 g/mol. The van der Waals surface area contributed by atoms with E-state index in [4.69, 9.17) is 0 Å². The summed E-state index contributed by atoms with van der Waals surface area (Å²) in [5.74, 6) is 0.770. The molecule has 0 radical (unpaired) electrons. The highest BCUT2D eigenvalue weighted by atomic mass is 16.2. The van der Waals surface area contributed by atoms with Gasteiger partial charge in [0.05, 0.1) is 6.04 Å². The predicted octanol–water partition coefficient (Wildman–Crippen LogP) is 2.44. The lowest BCUT2D eigenvalue weighted by Gasteiger charge is -2.21. The number of rotatable bonds is 5. The zero-order valence-corrected chi connectivity index (χ0v) is 10.4. The van der Waals surface area contributed by atoms with Crippen LogP contribution in [0.2, 0.25) is 0 Å². The van der Waals surface area contributed by atoms with Gasteiger partial charge in [0.25, 0.3) is 0 Å². The molecule has 3 nitrogen and oxygen atoms in total. The van der Waals surface area contributed by atoms with Gasteiger partial charge in [-0.2, -0.15) is 0 Å². The van der Waals surface area contributed by atoms with Crippen molar-refractivity contribution in [2.75, 3.05) is 0 Å². The van der Waals surface area contributed by atoms with Crippen LogP contribution in [0.25, 0.3) is 0 Å². The van der Waals surface area contributed by atoms with Crippen molar-refractivity contribution in [3.8, 4) is 0 Å². The van der Waals surface area contributed by atoms with Gasteiger partial charge in [0, 0.05) is 6.42 Å². The molecule has 0 aromatic heterocycles. The highest BCUT2D eigenvalue weighted by Crippen LogP contribution is 2.27. The van der Waals surface area contributed by atoms with E-state index in [1.54, 1.807) is 6.92 Å². The highest BCUT2D eigenvalue weighted by Gasteiger charge is 2.16. The fourth-order valence-corrected chi connectivity index (χ4v) is 2.23. The summed E-state index contributed by atoms with van der Waals surface area (Å²) in [6, 6.07) is -0.334. The molecule has 0 saturated heterocycles. The van der Waals surface area contributed by atoms with Crippen molar-refractivity contribution in [2.45, 2.75) is 64.8 Å². The molecule has 1 unspecified atom stereocenters. The van der Waals surface area contributed by atoms with Crippen LogP contribution in [0, 0.1) is 5.92 Å². The van der Waals surface area contributed by atoms with Crippen molar-refractivity contribution in [2.24, 2.45) is 5.92 Å². The monoisotopic (exact) mass is 225 g/mol. The zero-order valence-electron chi connectivity index (χ0n) is 10.4. The maximum atomic E-state index is 11.5. The Morgan fingerprint density at radius 1 is 1.25 bits per heavy atom. The topological polar surface area (TPSA) is 46.2 Å². The number of nitrogens with one attached hydrogen (secondary N) is 1. The maximum Gasteiger partial charge on any atom is 0.220 e. The molecule has 1 aliphatic rings. The van der Waals surface area contributed by atoms with E-state index >= 15 is 0 Å². The van der Waals surface area contributed by atoms with Crippen LogP contribution in [-0.4, -0.2) is 17.7 Å². The van der Waals surface area contributed by atoms with Gasteiger partial charge in [-0.25, -0.2) is 0 Å². The van der Waals surface area contributed by atoms with E-state index in [-0.39, 0.29) is 17.7 Å². The van der Waals surface area contributed by atoms with E-state index in [1.807, 2.05) is 0 Å². The van der Waals surface area contributed by atoms with Crippen molar-refractivity contribution in [1.82, 2.24) is 5.32 Å². The largest absolute Gasteiger partial charge is 0.347 e. The second kappa shape index (κ2) is 6.66. The summed E-state index contributed by atoms with van der Waals surface area (Å²) in [5.41, 5.74) is 0. The first-order valence-electron chi connectivity index (χ1n) is 6.39.